The Morgan fingerprint density at radius 1 is 1.11 bits per heavy atom. The number of para-hydroxylation sites is 1. The molecule has 0 bridgehead atoms. The smallest absolute Gasteiger partial charge is 0.0432 e. The zero-order chi connectivity index (χ0) is 12.5. The molecule has 1 unspecified atom stereocenters. The lowest BCUT2D eigenvalue weighted by atomic mass is 10.1. The first-order chi connectivity index (χ1) is 8.74. The number of benzene rings is 2. The van der Waals surface area contributed by atoms with Crippen LogP contribution in [0.15, 0.2) is 48.5 Å². The summed E-state index contributed by atoms with van der Waals surface area (Å²) in [6, 6.07) is 17.4. The molecular weight excluding hydrogens is 220 g/mol. The monoisotopic (exact) mass is 238 g/mol. The van der Waals surface area contributed by atoms with Crippen molar-refractivity contribution >= 4 is 11.4 Å². The van der Waals surface area contributed by atoms with E-state index in [1.807, 2.05) is 12.1 Å². The molecule has 0 aliphatic carbocycles. The Morgan fingerprint density at radius 2 is 1.83 bits per heavy atom. The van der Waals surface area contributed by atoms with Crippen LogP contribution in [-0.4, -0.2) is 6.04 Å². The van der Waals surface area contributed by atoms with Gasteiger partial charge in [0.2, 0.25) is 0 Å². The van der Waals surface area contributed by atoms with Crippen LogP contribution in [0.5, 0.6) is 0 Å². The third kappa shape index (κ3) is 1.94. The lowest BCUT2D eigenvalue weighted by Gasteiger charge is -2.25. The Bertz CT molecular complexity index is 545. The summed E-state index contributed by atoms with van der Waals surface area (Å²) in [6.45, 7) is 3.25. The molecule has 2 aromatic rings. The van der Waals surface area contributed by atoms with Gasteiger partial charge in [-0.25, -0.2) is 0 Å². The molecule has 0 saturated carbocycles. The van der Waals surface area contributed by atoms with Crippen molar-refractivity contribution in [2.24, 2.45) is 0 Å². The summed E-state index contributed by atoms with van der Waals surface area (Å²) in [5, 5.41) is 0. The lowest BCUT2D eigenvalue weighted by Crippen LogP contribution is -2.28. The third-order valence-electron chi connectivity index (χ3n) is 3.68. The highest BCUT2D eigenvalue weighted by Crippen LogP contribution is 2.32. The quantitative estimate of drug-likeness (QED) is 0.814. The van der Waals surface area contributed by atoms with Gasteiger partial charge in [-0.1, -0.05) is 30.3 Å². The molecule has 1 atom stereocenters. The van der Waals surface area contributed by atoms with E-state index in [1.54, 1.807) is 0 Å². The molecule has 1 aliphatic rings. The van der Waals surface area contributed by atoms with E-state index in [2.05, 4.69) is 48.2 Å². The average Bonchev–Trinajstić information content (AvgIpc) is 2.69. The number of hydrogen-bond donors (Lipinski definition) is 1. The molecule has 2 aromatic carbocycles. The lowest BCUT2D eigenvalue weighted by molar-refractivity contribution is 0.672. The average molecular weight is 238 g/mol. The third-order valence-corrected chi connectivity index (χ3v) is 3.68. The van der Waals surface area contributed by atoms with Gasteiger partial charge in [0.25, 0.3) is 0 Å². The zero-order valence-electron chi connectivity index (χ0n) is 10.6. The van der Waals surface area contributed by atoms with Crippen molar-refractivity contribution in [1.29, 1.82) is 0 Å². The number of anilines is 2. The molecule has 18 heavy (non-hydrogen) atoms. The summed E-state index contributed by atoms with van der Waals surface area (Å²) < 4.78 is 0. The van der Waals surface area contributed by atoms with E-state index in [1.165, 1.54) is 16.8 Å². The first-order valence-electron chi connectivity index (χ1n) is 6.43. The summed E-state index contributed by atoms with van der Waals surface area (Å²) >= 11 is 0. The Morgan fingerprint density at radius 3 is 2.61 bits per heavy atom. The van der Waals surface area contributed by atoms with Crippen LogP contribution in [0.4, 0.5) is 11.4 Å². The van der Waals surface area contributed by atoms with Gasteiger partial charge in [-0.3, -0.25) is 0 Å². The molecule has 0 saturated heterocycles. The summed E-state index contributed by atoms with van der Waals surface area (Å²) in [4.78, 5) is 2.47. The van der Waals surface area contributed by atoms with Crippen LogP contribution >= 0.6 is 0 Å². The number of fused-ring (bicyclic) bond motifs is 1. The van der Waals surface area contributed by atoms with Gasteiger partial charge in [-0.05, 0) is 42.7 Å². The van der Waals surface area contributed by atoms with Crippen molar-refractivity contribution < 1.29 is 0 Å². The van der Waals surface area contributed by atoms with Gasteiger partial charge in [-0.2, -0.15) is 0 Å². The van der Waals surface area contributed by atoms with Crippen LogP contribution in [0.2, 0.25) is 0 Å². The van der Waals surface area contributed by atoms with Crippen molar-refractivity contribution in [3.8, 4) is 0 Å². The molecule has 2 heteroatoms. The summed E-state index contributed by atoms with van der Waals surface area (Å²) in [7, 11) is 0. The first-order valence-corrected chi connectivity index (χ1v) is 6.43. The fourth-order valence-electron chi connectivity index (χ4n) is 2.69. The van der Waals surface area contributed by atoms with Gasteiger partial charge in [0, 0.05) is 24.0 Å². The Hall–Kier alpha value is -1.96. The second kappa shape index (κ2) is 4.37. The van der Waals surface area contributed by atoms with Crippen LogP contribution in [0.1, 0.15) is 18.1 Å². The van der Waals surface area contributed by atoms with E-state index in [0.29, 0.717) is 6.04 Å². The Labute approximate surface area is 108 Å². The largest absolute Gasteiger partial charge is 0.399 e. The standard InChI is InChI=1S/C16H18N2/c1-12-10-14-4-2-3-5-16(14)18(12)11-13-6-8-15(17)9-7-13/h2-9,12H,10-11,17H2,1H3. The molecule has 2 nitrogen and oxygen atoms in total. The molecular formula is C16H18N2. The van der Waals surface area contributed by atoms with E-state index in [9.17, 15) is 0 Å². The number of nitrogens with zero attached hydrogens (tertiary/aromatic N) is 1. The van der Waals surface area contributed by atoms with Gasteiger partial charge >= 0.3 is 0 Å². The highest BCUT2D eigenvalue weighted by Gasteiger charge is 2.25. The number of nitrogens with two attached hydrogens (primary N) is 1. The van der Waals surface area contributed by atoms with Gasteiger partial charge < -0.3 is 10.6 Å². The summed E-state index contributed by atoms with van der Waals surface area (Å²) in [6.07, 6.45) is 1.14. The molecule has 0 aromatic heterocycles. The van der Waals surface area contributed by atoms with Crippen LogP contribution in [0.3, 0.4) is 0 Å². The first kappa shape index (κ1) is 11.1. The molecule has 0 amide bonds. The van der Waals surface area contributed by atoms with E-state index >= 15 is 0 Å². The van der Waals surface area contributed by atoms with Crippen LogP contribution in [0, 0.1) is 0 Å². The number of hydrogen-bond acceptors (Lipinski definition) is 2. The predicted octanol–water partition coefficient (Wildman–Crippen LogP) is 3.22. The molecule has 3 rings (SSSR count). The van der Waals surface area contributed by atoms with Crippen LogP contribution in [0.25, 0.3) is 0 Å². The van der Waals surface area contributed by atoms with Crippen molar-refractivity contribution in [1.82, 2.24) is 0 Å². The maximum atomic E-state index is 5.73. The normalized spacial score (nSPS) is 17.8. The van der Waals surface area contributed by atoms with Gasteiger partial charge in [0.05, 0.1) is 0 Å². The van der Waals surface area contributed by atoms with Gasteiger partial charge in [0.15, 0.2) is 0 Å². The second-order valence-corrected chi connectivity index (χ2v) is 5.05. The maximum absolute atomic E-state index is 5.73. The number of nitrogen functional groups attached to an aromatic ring is 1. The molecule has 1 aliphatic heterocycles. The maximum Gasteiger partial charge on any atom is 0.0432 e. The zero-order valence-corrected chi connectivity index (χ0v) is 10.6. The van der Waals surface area contributed by atoms with Crippen LogP contribution < -0.4 is 10.6 Å². The highest BCUT2D eigenvalue weighted by atomic mass is 15.2. The Kier molecular flexibility index (Phi) is 2.71. The van der Waals surface area contributed by atoms with Crippen molar-refractivity contribution in [3.05, 3.63) is 59.7 Å². The minimum atomic E-state index is 0.569. The summed E-state index contributed by atoms with van der Waals surface area (Å²) in [5.74, 6) is 0. The van der Waals surface area contributed by atoms with Crippen molar-refractivity contribution in [2.45, 2.75) is 25.9 Å². The van der Waals surface area contributed by atoms with Crippen molar-refractivity contribution in [2.75, 3.05) is 10.6 Å². The topological polar surface area (TPSA) is 29.3 Å². The van der Waals surface area contributed by atoms with E-state index in [-0.39, 0.29) is 0 Å². The summed E-state index contributed by atoms with van der Waals surface area (Å²) in [5.41, 5.74) is 10.7. The molecule has 0 radical (unpaired) electrons. The molecule has 2 N–H and O–H groups in total. The minimum Gasteiger partial charge on any atom is -0.399 e. The fourth-order valence-corrected chi connectivity index (χ4v) is 2.69. The van der Waals surface area contributed by atoms with Crippen molar-refractivity contribution in [3.63, 3.8) is 0 Å². The molecule has 1 heterocycles. The Balaban J connectivity index is 1.87. The SMILES string of the molecule is CC1Cc2ccccc2N1Cc1ccc(N)cc1. The highest BCUT2D eigenvalue weighted by molar-refractivity contribution is 5.59. The van der Waals surface area contributed by atoms with Crippen LogP contribution in [-0.2, 0) is 13.0 Å². The minimum absolute atomic E-state index is 0.569. The van der Waals surface area contributed by atoms with Gasteiger partial charge in [-0.15, -0.1) is 0 Å². The second-order valence-electron chi connectivity index (χ2n) is 5.05. The van der Waals surface area contributed by atoms with E-state index < -0.39 is 0 Å². The van der Waals surface area contributed by atoms with Gasteiger partial charge in [0.1, 0.15) is 0 Å². The molecule has 0 fully saturated rings. The molecule has 0 spiro atoms. The fraction of sp³-hybridized carbons (Fsp3) is 0.250. The predicted molar refractivity (Wildman–Crippen MR) is 76.6 cm³/mol. The molecule has 92 valence electrons. The number of rotatable bonds is 2. The van der Waals surface area contributed by atoms with E-state index in [0.717, 1.165) is 18.7 Å². The van der Waals surface area contributed by atoms with E-state index in [4.69, 9.17) is 5.73 Å².